The molecule has 1 unspecified atom stereocenters. The van der Waals surface area contributed by atoms with Crippen molar-refractivity contribution in [1.82, 2.24) is 0 Å². The summed E-state index contributed by atoms with van der Waals surface area (Å²) in [6.45, 7) is 3.26. The first kappa shape index (κ1) is 11.7. The topological polar surface area (TPSA) is 63.3 Å². The van der Waals surface area contributed by atoms with Crippen LogP contribution in [-0.2, 0) is 4.79 Å². The Bertz CT molecular complexity index is 348. The van der Waals surface area contributed by atoms with Crippen molar-refractivity contribution in [3.8, 4) is 0 Å². The first-order valence-electron chi connectivity index (χ1n) is 4.08. The van der Waals surface area contributed by atoms with E-state index in [4.69, 9.17) is 10.8 Å². The van der Waals surface area contributed by atoms with Gasteiger partial charge in [-0.15, -0.1) is 11.3 Å². The zero-order valence-electron chi connectivity index (χ0n) is 7.95. The summed E-state index contributed by atoms with van der Waals surface area (Å²) in [5, 5.41) is 10.9. The number of thiophene rings is 1. The van der Waals surface area contributed by atoms with E-state index in [9.17, 15) is 4.79 Å². The van der Waals surface area contributed by atoms with E-state index in [0.29, 0.717) is 0 Å². The third-order valence-corrected chi connectivity index (χ3v) is 3.80. The normalized spacial score (nSPS) is 14.0. The fourth-order valence-electron chi connectivity index (χ4n) is 1.04. The molecule has 1 heterocycles. The SMILES string of the molecule is CC(C)(C(=O)O)C(N)c1csc(Br)c1. The van der Waals surface area contributed by atoms with E-state index in [1.807, 2.05) is 11.4 Å². The van der Waals surface area contributed by atoms with Crippen LogP contribution in [-0.4, -0.2) is 11.1 Å². The van der Waals surface area contributed by atoms with Gasteiger partial charge in [-0.25, -0.2) is 0 Å². The molecule has 0 aliphatic carbocycles. The molecule has 0 aromatic carbocycles. The number of carboxylic acids is 1. The molecule has 1 aromatic rings. The Labute approximate surface area is 95.1 Å². The summed E-state index contributed by atoms with van der Waals surface area (Å²) in [4.78, 5) is 11.0. The summed E-state index contributed by atoms with van der Waals surface area (Å²) in [7, 11) is 0. The maximum atomic E-state index is 11.0. The Morgan fingerprint density at radius 2 is 2.29 bits per heavy atom. The first-order valence-corrected chi connectivity index (χ1v) is 5.76. The van der Waals surface area contributed by atoms with Crippen molar-refractivity contribution >= 4 is 33.2 Å². The van der Waals surface area contributed by atoms with Gasteiger partial charge in [-0.05, 0) is 46.8 Å². The third-order valence-electron chi connectivity index (χ3n) is 2.28. The second-order valence-corrected chi connectivity index (χ2v) is 5.98. The first-order chi connectivity index (χ1) is 6.35. The van der Waals surface area contributed by atoms with E-state index in [1.54, 1.807) is 13.8 Å². The lowest BCUT2D eigenvalue weighted by molar-refractivity contribution is -0.148. The number of rotatable bonds is 3. The van der Waals surface area contributed by atoms with Crippen molar-refractivity contribution in [2.45, 2.75) is 19.9 Å². The van der Waals surface area contributed by atoms with Gasteiger partial charge in [0.15, 0.2) is 0 Å². The second kappa shape index (κ2) is 4.00. The molecular weight excluding hydrogens is 266 g/mol. The van der Waals surface area contributed by atoms with Crippen molar-refractivity contribution < 1.29 is 9.90 Å². The fraction of sp³-hybridized carbons (Fsp3) is 0.444. The predicted molar refractivity (Wildman–Crippen MR) is 60.4 cm³/mol. The average Bonchev–Trinajstić information content (AvgIpc) is 2.50. The quantitative estimate of drug-likeness (QED) is 0.893. The minimum Gasteiger partial charge on any atom is -0.481 e. The van der Waals surface area contributed by atoms with Gasteiger partial charge in [0.25, 0.3) is 0 Å². The maximum absolute atomic E-state index is 11.0. The molecule has 1 atom stereocenters. The summed E-state index contributed by atoms with van der Waals surface area (Å²) in [5.74, 6) is -0.882. The highest BCUT2D eigenvalue weighted by atomic mass is 79.9. The smallest absolute Gasteiger partial charge is 0.311 e. The van der Waals surface area contributed by atoms with Crippen LogP contribution >= 0.6 is 27.3 Å². The molecule has 3 nitrogen and oxygen atoms in total. The molecule has 1 aromatic heterocycles. The Morgan fingerprint density at radius 3 is 2.64 bits per heavy atom. The minimum absolute atomic E-state index is 0.484. The number of carboxylic acid groups (broad SMARTS) is 1. The van der Waals surface area contributed by atoms with Gasteiger partial charge in [-0.1, -0.05) is 0 Å². The third kappa shape index (κ3) is 2.16. The average molecular weight is 278 g/mol. The van der Waals surface area contributed by atoms with Crippen LogP contribution in [0.25, 0.3) is 0 Å². The molecule has 0 amide bonds. The fourth-order valence-corrected chi connectivity index (χ4v) is 2.25. The van der Waals surface area contributed by atoms with E-state index in [-0.39, 0.29) is 0 Å². The van der Waals surface area contributed by atoms with Crippen LogP contribution in [0, 0.1) is 5.41 Å². The summed E-state index contributed by atoms with van der Waals surface area (Å²) in [6.07, 6.45) is 0. The van der Waals surface area contributed by atoms with E-state index < -0.39 is 17.4 Å². The van der Waals surface area contributed by atoms with Crippen molar-refractivity contribution in [2.24, 2.45) is 11.1 Å². The van der Waals surface area contributed by atoms with Crippen molar-refractivity contribution in [3.63, 3.8) is 0 Å². The lowest BCUT2D eigenvalue weighted by Gasteiger charge is -2.26. The summed E-state index contributed by atoms with van der Waals surface area (Å²) in [6, 6.07) is 1.38. The lowest BCUT2D eigenvalue weighted by Crippen LogP contribution is -2.36. The van der Waals surface area contributed by atoms with Crippen LogP contribution in [0.3, 0.4) is 0 Å². The van der Waals surface area contributed by atoms with Gasteiger partial charge >= 0.3 is 5.97 Å². The van der Waals surface area contributed by atoms with E-state index in [1.165, 1.54) is 11.3 Å². The molecule has 5 heteroatoms. The number of carbonyl (C=O) groups is 1. The lowest BCUT2D eigenvalue weighted by atomic mass is 9.82. The van der Waals surface area contributed by atoms with Gasteiger partial charge in [0.05, 0.1) is 9.20 Å². The molecule has 14 heavy (non-hydrogen) atoms. The second-order valence-electron chi connectivity index (χ2n) is 3.69. The van der Waals surface area contributed by atoms with Gasteiger partial charge in [0.2, 0.25) is 0 Å². The number of hydrogen-bond donors (Lipinski definition) is 2. The summed E-state index contributed by atoms with van der Waals surface area (Å²) >= 11 is 4.82. The number of aliphatic carboxylic acids is 1. The number of halogens is 1. The summed E-state index contributed by atoms with van der Waals surface area (Å²) in [5.41, 5.74) is 5.80. The summed E-state index contributed by atoms with van der Waals surface area (Å²) < 4.78 is 0.962. The van der Waals surface area contributed by atoms with E-state index in [0.717, 1.165) is 9.35 Å². The minimum atomic E-state index is -0.944. The molecule has 0 fully saturated rings. The van der Waals surface area contributed by atoms with Crippen LogP contribution in [0.15, 0.2) is 15.2 Å². The van der Waals surface area contributed by atoms with Gasteiger partial charge in [-0.2, -0.15) is 0 Å². The molecule has 0 aliphatic rings. The van der Waals surface area contributed by atoms with Crippen LogP contribution in [0.4, 0.5) is 0 Å². The van der Waals surface area contributed by atoms with Gasteiger partial charge in [-0.3, -0.25) is 4.79 Å². The molecule has 0 spiro atoms. The molecular formula is C9H12BrNO2S. The molecule has 0 saturated heterocycles. The van der Waals surface area contributed by atoms with Crippen LogP contribution in [0.2, 0.25) is 0 Å². The Morgan fingerprint density at radius 1 is 1.71 bits per heavy atom. The number of hydrogen-bond acceptors (Lipinski definition) is 3. The van der Waals surface area contributed by atoms with Crippen molar-refractivity contribution in [2.75, 3.05) is 0 Å². The standard InChI is InChI=1S/C9H12BrNO2S/c1-9(2,8(12)13)7(11)5-3-6(10)14-4-5/h3-4,7H,11H2,1-2H3,(H,12,13). The Hall–Kier alpha value is -0.390. The molecule has 78 valence electrons. The van der Waals surface area contributed by atoms with Gasteiger partial charge in [0, 0.05) is 6.04 Å². The molecule has 0 bridgehead atoms. The zero-order chi connectivity index (χ0) is 10.9. The Kier molecular flexibility index (Phi) is 3.34. The predicted octanol–water partition coefficient (Wildman–Crippen LogP) is 2.62. The molecule has 0 radical (unpaired) electrons. The highest BCUT2D eigenvalue weighted by Crippen LogP contribution is 2.34. The van der Waals surface area contributed by atoms with Crippen LogP contribution in [0.5, 0.6) is 0 Å². The Balaban J connectivity index is 2.95. The van der Waals surface area contributed by atoms with Gasteiger partial charge < -0.3 is 10.8 Å². The molecule has 3 N–H and O–H groups in total. The van der Waals surface area contributed by atoms with E-state index in [2.05, 4.69) is 15.9 Å². The highest BCUT2D eigenvalue weighted by molar-refractivity contribution is 9.11. The number of nitrogens with two attached hydrogens (primary N) is 1. The monoisotopic (exact) mass is 277 g/mol. The van der Waals surface area contributed by atoms with Gasteiger partial charge in [0.1, 0.15) is 0 Å². The largest absolute Gasteiger partial charge is 0.481 e. The van der Waals surface area contributed by atoms with Crippen LogP contribution < -0.4 is 5.73 Å². The maximum Gasteiger partial charge on any atom is 0.311 e. The molecule has 1 rings (SSSR count). The van der Waals surface area contributed by atoms with Crippen LogP contribution in [0.1, 0.15) is 25.5 Å². The highest BCUT2D eigenvalue weighted by Gasteiger charge is 2.35. The van der Waals surface area contributed by atoms with Crippen molar-refractivity contribution in [3.05, 3.63) is 20.8 Å². The molecule has 0 aliphatic heterocycles. The van der Waals surface area contributed by atoms with Crippen molar-refractivity contribution in [1.29, 1.82) is 0 Å². The zero-order valence-corrected chi connectivity index (χ0v) is 10.4. The molecule has 0 saturated carbocycles. The van der Waals surface area contributed by atoms with E-state index >= 15 is 0 Å².